The van der Waals surface area contributed by atoms with Crippen molar-refractivity contribution in [3.05, 3.63) is 70.0 Å². The molecule has 0 aliphatic rings. The zero-order valence-corrected chi connectivity index (χ0v) is 13.0. The van der Waals surface area contributed by atoms with E-state index in [1.54, 1.807) is 24.3 Å². The molecule has 1 N–H and O–H groups in total. The van der Waals surface area contributed by atoms with Crippen LogP contribution in [0.5, 0.6) is 0 Å². The van der Waals surface area contributed by atoms with Crippen LogP contribution in [-0.2, 0) is 11.2 Å². The van der Waals surface area contributed by atoms with E-state index < -0.39 is 4.92 Å². The first-order chi connectivity index (χ1) is 11.0. The molecule has 7 heteroatoms. The third-order valence-corrected chi connectivity index (χ3v) is 4.08. The molecule has 0 aliphatic carbocycles. The molecule has 2 rings (SSSR count). The summed E-state index contributed by atoms with van der Waals surface area (Å²) in [6, 6.07) is 12.2. The van der Waals surface area contributed by atoms with Crippen molar-refractivity contribution >= 4 is 23.4 Å². The lowest BCUT2D eigenvalue weighted by Gasteiger charge is -2.05. The molecule has 5 nitrogen and oxygen atoms in total. The maximum absolute atomic E-state index is 12.8. The molecule has 0 fully saturated rings. The lowest BCUT2D eigenvalue weighted by Crippen LogP contribution is -2.27. The highest BCUT2D eigenvalue weighted by Gasteiger charge is 2.06. The minimum Gasteiger partial charge on any atom is -0.355 e. The summed E-state index contributed by atoms with van der Waals surface area (Å²) in [7, 11) is 0. The average Bonchev–Trinajstić information content (AvgIpc) is 2.55. The third-order valence-electron chi connectivity index (χ3n) is 3.07. The van der Waals surface area contributed by atoms with E-state index in [4.69, 9.17) is 0 Å². The number of hydrogen-bond donors (Lipinski definition) is 1. The van der Waals surface area contributed by atoms with Crippen molar-refractivity contribution in [2.45, 2.75) is 11.3 Å². The van der Waals surface area contributed by atoms with Crippen LogP contribution in [-0.4, -0.2) is 23.1 Å². The Labute approximate surface area is 137 Å². The van der Waals surface area contributed by atoms with Gasteiger partial charge in [0.05, 0.1) is 10.7 Å². The number of amides is 1. The second kappa shape index (κ2) is 8.28. The minimum absolute atomic E-state index is 0.0260. The summed E-state index contributed by atoms with van der Waals surface area (Å²) in [6.07, 6.45) is 0.633. The van der Waals surface area contributed by atoms with Crippen LogP contribution in [0.3, 0.4) is 0 Å². The highest BCUT2D eigenvalue weighted by molar-refractivity contribution is 8.00. The van der Waals surface area contributed by atoms with Crippen LogP contribution in [0.2, 0.25) is 0 Å². The zero-order valence-electron chi connectivity index (χ0n) is 12.2. The number of nitro groups is 1. The number of nitrogens with one attached hydrogen (secondary N) is 1. The SMILES string of the molecule is O=C(CSc1ccc([N+](=O)[O-])cc1)NCCc1ccc(F)cc1. The Morgan fingerprint density at radius 1 is 1.13 bits per heavy atom. The number of hydrogen-bond acceptors (Lipinski definition) is 4. The van der Waals surface area contributed by atoms with E-state index in [2.05, 4.69) is 5.32 Å². The van der Waals surface area contributed by atoms with E-state index in [0.29, 0.717) is 13.0 Å². The monoisotopic (exact) mass is 334 g/mol. The molecule has 0 bridgehead atoms. The summed E-state index contributed by atoms with van der Waals surface area (Å²) in [5.41, 5.74) is 0.979. The lowest BCUT2D eigenvalue weighted by atomic mass is 10.1. The Balaban J connectivity index is 1.70. The Bertz CT molecular complexity index is 675. The number of benzene rings is 2. The van der Waals surface area contributed by atoms with Crippen molar-refractivity contribution in [3.63, 3.8) is 0 Å². The first kappa shape index (κ1) is 17.0. The van der Waals surface area contributed by atoms with E-state index in [1.807, 2.05) is 0 Å². The quantitative estimate of drug-likeness (QED) is 0.479. The smallest absolute Gasteiger partial charge is 0.269 e. The van der Waals surface area contributed by atoms with Crippen LogP contribution in [0, 0.1) is 15.9 Å². The van der Waals surface area contributed by atoms with Crippen molar-refractivity contribution in [1.82, 2.24) is 5.32 Å². The topological polar surface area (TPSA) is 72.2 Å². The van der Waals surface area contributed by atoms with Crippen LogP contribution in [0.1, 0.15) is 5.56 Å². The van der Waals surface area contributed by atoms with Crippen molar-refractivity contribution in [2.24, 2.45) is 0 Å². The van der Waals surface area contributed by atoms with Gasteiger partial charge in [-0.3, -0.25) is 14.9 Å². The summed E-state index contributed by atoms with van der Waals surface area (Å²) in [5.74, 6) is -0.158. The fraction of sp³-hybridized carbons (Fsp3) is 0.188. The van der Waals surface area contributed by atoms with E-state index in [-0.39, 0.29) is 23.2 Å². The molecule has 0 atom stereocenters. The molecule has 23 heavy (non-hydrogen) atoms. The maximum atomic E-state index is 12.8. The van der Waals surface area contributed by atoms with Crippen molar-refractivity contribution in [3.8, 4) is 0 Å². The predicted molar refractivity (Wildman–Crippen MR) is 86.9 cm³/mol. The Morgan fingerprint density at radius 2 is 1.78 bits per heavy atom. The molecule has 2 aromatic rings. The number of halogens is 1. The van der Waals surface area contributed by atoms with Crippen LogP contribution in [0.4, 0.5) is 10.1 Å². The molecule has 0 radical (unpaired) electrons. The Morgan fingerprint density at radius 3 is 2.39 bits per heavy atom. The minimum atomic E-state index is -0.462. The largest absolute Gasteiger partial charge is 0.355 e. The van der Waals surface area contributed by atoms with E-state index >= 15 is 0 Å². The van der Waals surface area contributed by atoms with E-state index in [9.17, 15) is 19.3 Å². The predicted octanol–water partition coefficient (Wildman–Crippen LogP) is 3.18. The first-order valence-corrected chi connectivity index (χ1v) is 7.91. The van der Waals surface area contributed by atoms with Gasteiger partial charge in [0.1, 0.15) is 5.82 Å². The lowest BCUT2D eigenvalue weighted by molar-refractivity contribution is -0.384. The molecule has 0 spiro atoms. The number of carbonyl (C=O) groups excluding carboxylic acids is 1. The molecule has 2 aromatic carbocycles. The average molecular weight is 334 g/mol. The number of nitro benzene ring substituents is 1. The van der Waals surface area contributed by atoms with Gasteiger partial charge in [0, 0.05) is 23.6 Å². The van der Waals surface area contributed by atoms with Crippen LogP contribution in [0.15, 0.2) is 53.4 Å². The van der Waals surface area contributed by atoms with Gasteiger partial charge in [-0.1, -0.05) is 12.1 Å². The molecule has 0 saturated carbocycles. The third kappa shape index (κ3) is 5.71. The summed E-state index contributed by atoms with van der Waals surface area (Å²) in [5, 5.41) is 13.3. The summed E-state index contributed by atoms with van der Waals surface area (Å²) >= 11 is 1.31. The number of carbonyl (C=O) groups is 1. The van der Waals surface area contributed by atoms with Crippen LogP contribution >= 0.6 is 11.8 Å². The molecule has 1 amide bonds. The Kier molecular flexibility index (Phi) is 6.10. The molecule has 0 aromatic heterocycles. The highest BCUT2D eigenvalue weighted by Crippen LogP contribution is 2.20. The standard InChI is InChI=1S/C16H15FN2O3S/c17-13-3-1-12(2-4-13)9-10-18-16(20)11-23-15-7-5-14(6-8-15)19(21)22/h1-8H,9-11H2,(H,18,20). The number of nitrogens with zero attached hydrogens (tertiary/aromatic N) is 1. The maximum Gasteiger partial charge on any atom is 0.269 e. The van der Waals surface area contributed by atoms with E-state index in [0.717, 1.165) is 10.5 Å². The fourth-order valence-corrected chi connectivity index (χ4v) is 2.59. The van der Waals surface area contributed by atoms with Gasteiger partial charge in [-0.15, -0.1) is 11.8 Å². The molecular formula is C16H15FN2O3S. The first-order valence-electron chi connectivity index (χ1n) is 6.93. The van der Waals surface area contributed by atoms with Gasteiger partial charge in [-0.25, -0.2) is 4.39 Å². The van der Waals surface area contributed by atoms with Crippen LogP contribution < -0.4 is 5.32 Å². The normalized spacial score (nSPS) is 10.3. The van der Waals surface area contributed by atoms with Crippen LogP contribution in [0.25, 0.3) is 0 Å². The van der Waals surface area contributed by atoms with Gasteiger partial charge >= 0.3 is 0 Å². The number of thioether (sulfide) groups is 1. The van der Waals surface area contributed by atoms with Gasteiger partial charge in [0.2, 0.25) is 5.91 Å². The fourth-order valence-electron chi connectivity index (χ4n) is 1.86. The second-order valence-corrected chi connectivity index (χ2v) is 5.81. The zero-order chi connectivity index (χ0) is 16.7. The van der Waals surface area contributed by atoms with Gasteiger partial charge < -0.3 is 5.32 Å². The van der Waals surface area contributed by atoms with E-state index in [1.165, 1.54) is 36.0 Å². The van der Waals surface area contributed by atoms with Gasteiger partial charge in [-0.05, 0) is 36.2 Å². The molecule has 120 valence electrons. The summed E-state index contributed by atoms with van der Waals surface area (Å²) in [6.45, 7) is 0.477. The van der Waals surface area contributed by atoms with Gasteiger partial charge in [-0.2, -0.15) is 0 Å². The highest BCUT2D eigenvalue weighted by atomic mass is 32.2. The summed E-state index contributed by atoms with van der Waals surface area (Å²) < 4.78 is 12.8. The van der Waals surface area contributed by atoms with Crippen molar-refractivity contribution in [1.29, 1.82) is 0 Å². The Hall–Kier alpha value is -2.41. The van der Waals surface area contributed by atoms with Gasteiger partial charge in [0.15, 0.2) is 0 Å². The number of rotatable bonds is 7. The van der Waals surface area contributed by atoms with Crippen molar-refractivity contribution in [2.75, 3.05) is 12.3 Å². The van der Waals surface area contributed by atoms with Gasteiger partial charge in [0.25, 0.3) is 5.69 Å². The molecule has 0 saturated heterocycles. The number of non-ortho nitro benzene ring substituents is 1. The second-order valence-electron chi connectivity index (χ2n) is 4.77. The summed E-state index contributed by atoms with van der Waals surface area (Å²) in [4.78, 5) is 22.6. The molecular weight excluding hydrogens is 319 g/mol. The molecule has 0 heterocycles. The molecule has 0 unspecified atom stereocenters. The molecule has 0 aliphatic heterocycles. The van der Waals surface area contributed by atoms with Crippen molar-refractivity contribution < 1.29 is 14.1 Å².